The van der Waals surface area contributed by atoms with E-state index in [-0.39, 0.29) is 29.5 Å². The van der Waals surface area contributed by atoms with Gasteiger partial charge in [0.2, 0.25) is 0 Å². The highest BCUT2D eigenvalue weighted by Gasteiger charge is 2.51. The van der Waals surface area contributed by atoms with Gasteiger partial charge in [-0.3, -0.25) is 4.79 Å². The molecule has 0 radical (unpaired) electrons. The molecule has 1 heterocycles. The average Bonchev–Trinajstić information content (AvgIpc) is 2.27. The Bertz CT molecular complexity index is 426. The quantitative estimate of drug-likeness (QED) is 0.719. The first-order valence-corrected chi connectivity index (χ1v) is 10.1. The number of rotatable bonds is 5. The smallest absolute Gasteiger partial charge is 0.299 e. The maximum absolute atomic E-state index is 12.4. The Morgan fingerprint density at radius 2 is 1.84 bits per heavy atom. The van der Waals surface area contributed by atoms with Crippen molar-refractivity contribution in [3.05, 3.63) is 0 Å². The van der Waals surface area contributed by atoms with E-state index >= 15 is 0 Å². The summed E-state index contributed by atoms with van der Waals surface area (Å²) in [6.45, 7) is 1.59. The SMILES string of the molecule is CCC(=O)CS1(OS(=O)(=O)C(F)(F)F)CCSCC1. The number of carbonyl (C=O) groups excluding carboxylic acids is 1. The lowest BCUT2D eigenvalue weighted by atomic mass is 10.4. The summed E-state index contributed by atoms with van der Waals surface area (Å²) in [6.07, 6.45) is 0.164. The summed E-state index contributed by atoms with van der Waals surface area (Å²) in [5.41, 5.74) is -5.44. The minimum absolute atomic E-state index is 0.164. The second-order valence-electron chi connectivity index (χ2n) is 3.99. The Hall–Kier alpha value is 0.0700. The van der Waals surface area contributed by atoms with Crippen molar-refractivity contribution in [2.75, 3.05) is 28.8 Å². The molecule has 1 fully saturated rings. The van der Waals surface area contributed by atoms with E-state index in [4.69, 9.17) is 0 Å². The van der Waals surface area contributed by atoms with Gasteiger partial charge in [0.05, 0.1) is 5.75 Å². The summed E-state index contributed by atoms with van der Waals surface area (Å²) in [4.78, 5) is 11.5. The van der Waals surface area contributed by atoms with Crippen molar-refractivity contribution >= 4 is 38.0 Å². The molecular weight excluding hydrogens is 325 g/mol. The number of halogens is 3. The van der Waals surface area contributed by atoms with Gasteiger partial charge in [-0.05, 0) is 0 Å². The van der Waals surface area contributed by atoms with E-state index in [1.807, 2.05) is 0 Å². The molecule has 1 aliphatic heterocycles. The van der Waals surface area contributed by atoms with Gasteiger partial charge in [-0.1, -0.05) is 6.92 Å². The molecule has 0 atom stereocenters. The van der Waals surface area contributed by atoms with Crippen molar-refractivity contribution in [3.63, 3.8) is 0 Å². The Labute approximate surface area is 116 Å². The zero-order valence-electron chi connectivity index (χ0n) is 10.2. The summed E-state index contributed by atoms with van der Waals surface area (Å²) in [5.74, 6) is 0.968. The second kappa shape index (κ2) is 6.23. The molecule has 0 aromatic heterocycles. The molecule has 0 saturated carbocycles. The Balaban J connectivity index is 2.95. The summed E-state index contributed by atoms with van der Waals surface area (Å²) in [7, 11) is -8.16. The lowest BCUT2D eigenvalue weighted by Gasteiger charge is -2.40. The van der Waals surface area contributed by atoms with Crippen LogP contribution in [0.25, 0.3) is 0 Å². The first-order chi connectivity index (χ1) is 8.62. The van der Waals surface area contributed by atoms with Crippen molar-refractivity contribution < 1.29 is 30.0 Å². The van der Waals surface area contributed by atoms with Gasteiger partial charge in [0.15, 0.2) is 0 Å². The molecule has 1 aliphatic rings. The first kappa shape index (κ1) is 17.1. The number of ketones is 1. The Kier molecular flexibility index (Phi) is 5.61. The van der Waals surface area contributed by atoms with Crippen LogP contribution >= 0.6 is 22.1 Å². The van der Waals surface area contributed by atoms with Gasteiger partial charge in [0, 0.05) is 29.4 Å². The zero-order chi connectivity index (χ0) is 14.7. The van der Waals surface area contributed by atoms with E-state index < -0.39 is 25.9 Å². The van der Waals surface area contributed by atoms with Crippen LogP contribution in [0.4, 0.5) is 13.2 Å². The zero-order valence-corrected chi connectivity index (χ0v) is 12.7. The highest BCUT2D eigenvalue weighted by Crippen LogP contribution is 2.55. The van der Waals surface area contributed by atoms with Gasteiger partial charge >= 0.3 is 15.6 Å². The molecule has 0 aromatic carbocycles. The summed E-state index contributed by atoms with van der Waals surface area (Å²) in [6, 6.07) is 0. The number of thioether (sulfide) groups is 1. The van der Waals surface area contributed by atoms with Gasteiger partial charge in [-0.15, -0.1) is 10.3 Å². The average molecular weight is 340 g/mol. The highest BCUT2D eigenvalue weighted by molar-refractivity contribution is 8.34. The molecule has 0 spiro atoms. The lowest BCUT2D eigenvalue weighted by Crippen LogP contribution is -2.34. The van der Waals surface area contributed by atoms with Crippen molar-refractivity contribution in [3.8, 4) is 0 Å². The Morgan fingerprint density at radius 3 is 2.26 bits per heavy atom. The summed E-state index contributed by atoms with van der Waals surface area (Å²) in [5, 5.41) is 0. The fourth-order valence-electron chi connectivity index (χ4n) is 1.49. The van der Waals surface area contributed by atoms with Crippen LogP contribution in [0.15, 0.2) is 0 Å². The van der Waals surface area contributed by atoms with Crippen LogP contribution < -0.4 is 0 Å². The van der Waals surface area contributed by atoms with E-state index in [1.165, 1.54) is 11.8 Å². The fourth-order valence-corrected chi connectivity index (χ4v) is 8.91. The second-order valence-corrected chi connectivity index (χ2v) is 10.2. The van der Waals surface area contributed by atoms with Gasteiger partial charge in [-0.25, -0.2) is 3.63 Å². The number of carbonyl (C=O) groups is 1. The third kappa shape index (κ3) is 4.54. The van der Waals surface area contributed by atoms with Crippen LogP contribution in [0.2, 0.25) is 0 Å². The van der Waals surface area contributed by atoms with Crippen LogP contribution in [0, 0.1) is 0 Å². The molecular formula is C9H15F3O4S3. The highest BCUT2D eigenvalue weighted by atomic mass is 32.3. The number of Topliss-reactive ketones (excluding diaryl/α,β-unsaturated/α-hetero) is 1. The molecule has 0 amide bonds. The fraction of sp³-hybridized carbons (Fsp3) is 0.889. The summed E-state index contributed by atoms with van der Waals surface area (Å²) < 4.78 is 64.0. The molecule has 1 saturated heterocycles. The monoisotopic (exact) mass is 340 g/mol. The topological polar surface area (TPSA) is 60.4 Å². The molecule has 0 aliphatic carbocycles. The van der Waals surface area contributed by atoms with Gasteiger partial charge in [-0.2, -0.15) is 33.4 Å². The lowest BCUT2D eigenvalue weighted by molar-refractivity contribution is -0.116. The Morgan fingerprint density at radius 1 is 1.32 bits per heavy atom. The molecule has 10 heteroatoms. The van der Waals surface area contributed by atoms with E-state index in [1.54, 1.807) is 6.92 Å². The standard InChI is InChI=1S/C9H15F3O4S3/c1-2-8(13)7-18(5-3-17-4-6-18)16-19(14,15)9(10,11)12/h2-7H2,1H3. The number of hydrogen-bond donors (Lipinski definition) is 0. The van der Waals surface area contributed by atoms with Gasteiger partial charge < -0.3 is 0 Å². The van der Waals surface area contributed by atoms with Crippen LogP contribution in [-0.2, 0) is 18.5 Å². The van der Waals surface area contributed by atoms with Gasteiger partial charge in [0.1, 0.15) is 5.78 Å². The van der Waals surface area contributed by atoms with Crippen molar-refractivity contribution in [1.82, 2.24) is 0 Å². The minimum Gasteiger partial charge on any atom is -0.299 e. The normalized spacial score (nSPS) is 21.9. The number of alkyl halides is 3. The molecule has 0 aromatic rings. The van der Waals surface area contributed by atoms with Crippen LogP contribution in [0.5, 0.6) is 0 Å². The molecule has 0 bridgehead atoms. The molecule has 114 valence electrons. The third-order valence-electron chi connectivity index (χ3n) is 2.54. The van der Waals surface area contributed by atoms with E-state index in [0.717, 1.165) is 0 Å². The van der Waals surface area contributed by atoms with Gasteiger partial charge in [0.25, 0.3) is 0 Å². The summed E-state index contributed by atoms with van der Waals surface area (Å²) >= 11 is 1.52. The third-order valence-corrected chi connectivity index (χ3v) is 9.22. The van der Waals surface area contributed by atoms with Crippen molar-refractivity contribution in [2.24, 2.45) is 0 Å². The molecule has 4 nitrogen and oxygen atoms in total. The largest absolute Gasteiger partial charge is 0.523 e. The van der Waals surface area contributed by atoms with Crippen molar-refractivity contribution in [2.45, 2.75) is 18.9 Å². The maximum Gasteiger partial charge on any atom is 0.523 e. The van der Waals surface area contributed by atoms with Crippen LogP contribution in [-0.4, -0.2) is 48.5 Å². The first-order valence-electron chi connectivity index (χ1n) is 5.50. The predicted molar refractivity (Wildman–Crippen MR) is 70.9 cm³/mol. The predicted octanol–water partition coefficient (Wildman–Crippen LogP) is 2.30. The minimum atomic E-state index is -5.63. The molecule has 19 heavy (non-hydrogen) atoms. The van der Waals surface area contributed by atoms with Crippen LogP contribution in [0.1, 0.15) is 13.3 Å². The molecule has 0 N–H and O–H groups in total. The van der Waals surface area contributed by atoms with E-state index in [9.17, 15) is 26.4 Å². The number of hydrogen-bond acceptors (Lipinski definition) is 5. The van der Waals surface area contributed by atoms with E-state index in [0.29, 0.717) is 11.5 Å². The molecule has 0 unspecified atom stereocenters. The van der Waals surface area contributed by atoms with E-state index in [2.05, 4.69) is 3.63 Å². The maximum atomic E-state index is 12.4. The van der Waals surface area contributed by atoms with Crippen LogP contribution in [0.3, 0.4) is 0 Å². The van der Waals surface area contributed by atoms with Crippen molar-refractivity contribution in [1.29, 1.82) is 0 Å². The molecule has 1 rings (SSSR count).